The Balaban J connectivity index is 2.46. The minimum atomic E-state index is -2.36. The van der Waals surface area contributed by atoms with E-state index >= 15 is 0 Å². The van der Waals surface area contributed by atoms with Gasteiger partial charge in [-0.15, -0.1) is 0 Å². The average molecular weight is 220 g/mol. The molecule has 0 aromatic carbocycles. The summed E-state index contributed by atoms with van der Waals surface area (Å²) in [5.41, 5.74) is 0. The molecule has 3 nitrogen and oxygen atoms in total. The molecule has 1 unspecified atom stereocenters. The van der Waals surface area contributed by atoms with Crippen LogP contribution in [0.1, 0.15) is 20.3 Å². The highest BCUT2D eigenvalue weighted by Crippen LogP contribution is 2.27. The number of allylic oxidation sites excluding steroid dienone is 1. The fourth-order valence-corrected chi connectivity index (χ4v) is 4.16. The third kappa shape index (κ3) is 2.93. The average Bonchev–Trinajstić information content (AvgIpc) is 2.46. The predicted molar refractivity (Wildman–Crippen MR) is 56.6 cm³/mol. The van der Waals surface area contributed by atoms with E-state index in [2.05, 4.69) is 12.6 Å². The first kappa shape index (κ1) is 10.9. The van der Waals surface area contributed by atoms with Crippen molar-refractivity contribution in [1.29, 1.82) is 0 Å². The quantitative estimate of drug-likeness (QED) is 0.568. The lowest BCUT2D eigenvalue weighted by Crippen LogP contribution is -2.41. The Morgan fingerprint density at radius 2 is 2.38 bits per heavy atom. The van der Waals surface area contributed by atoms with Crippen molar-refractivity contribution in [3.8, 4) is 0 Å². The second-order valence-electron chi connectivity index (χ2n) is 2.89. The highest BCUT2D eigenvalue weighted by Gasteiger charge is 2.47. The maximum absolute atomic E-state index is 5.61. The molecule has 1 rings (SSSR count). The van der Waals surface area contributed by atoms with Crippen LogP contribution in [-0.4, -0.2) is 21.2 Å². The molecule has 0 bridgehead atoms. The van der Waals surface area contributed by atoms with E-state index in [9.17, 15) is 0 Å². The molecular formula is C8H16O3SSi. The second-order valence-corrected chi connectivity index (χ2v) is 5.93. The van der Waals surface area contributed by atoms with Crippen LogP contribution in [0.3, 0.4) is 0 Å². The van der Waals surface area contributed by atoms with Gasteiger partial charge in [0, 0.05) is 12.7 Å². The Morgan fingerprint density at radius 1 is 1.62 bits per heavy atom. The molecule has 76 valence electrons. The van der Waals surface area contributed by atoms with Crippen molar-refractivity contribution in [2.24, 2.45) is 0 Å². The minimum absolute atomic E-state index is 0.639. The summed E-state index contributed by atoms with van der Waals surface area (Å²) in [6.07, 6.45) is 2.62. The molecule has 1 heterocycles. The van der Waals surface area contributed by atoms with Crippen molar-refractivity contribution in [3.05, 3.63) is 12.0 Å². The summed E-state index contributed by atoms with van der Waals surface area (Å²) in [6, 6.07) is 0.845. The van der Waals surface area contributed by atoms with Crippen LogP contribution in [0.2, 0.25) is 6.04 Å². The van der Waals surface area contributed by atoms with Crippen LogP contribution in [0, 0.1) is 0 Å². The van der Waals surface area contributed by atoms with Crippen molar-refractivity contribution in [2.75, 3.05) is 12.4 Å². The van der Waals surface area contributed by atoms with Crippen molar-refractivity contribution >= 4 is 21.4 Å². The molecule has 0 N–H and O–H groups in total. The van der Waals surface area contributed by atoms with Gasteiger partial charge in [-0.2, -0.15) is 12.6 Å². The van der Waals surface area contributed by atoms with Crippen molar-refractivity contribution < 1.29 is 13.3 Å². The van der Waals surface area contributed by atoms with Gasteiger partial charge in [0.15, 0.2) is 0 Å². The summed E-state index contributed by atoms with van der Waals surface area (Å²) < 4.78 is 16.7. The summed E-state index contributed by atoms with van der Waals surface area (Å²) >= 11 is 4.16. The van der Waals surface area contributed by atoms with E-state index in [0.29, 0.717) is 6.61 Å². The maximum atomic E-state index is 5.61. The third-order valence-electron chi connectivity index (χ3n) is 1.73. The van der Waals surface area contributed by atoms with Crippen LogP contribution >= 0.6 is 12.6 Å². The van der Waals surface area contributed by atoms with Crippen LogP contribution in [-0.2, 0) is 13.3 Å². The molecule has 1 aliphatic heterocycles. The van der Waals surface area contributed by atoms with Gasteiger partial charge in [0.1, 0.15) is 12.0 Å². The Bertz CT molecular complexity index is 198. The van der Waals surface area contributed by atoms with Crippen LogP contribution in [0.15, 0.2) is 12.0 Å². The number of rotatable bonds is 5. The van der Waals surface area contributed by atoms with E-state index < -0.39 is 8.80 Å². The lowest BCUT2D eigenvalue weighted by molar-refractivity contribution is 0.155. The first-order valence-corrected chi connectivity index (χ1v) is 7.07. The van der Waals surface area contributed by atoms with Crippen molar-refractivity contribution in [1.82, 2.24) is 0 Å². The number of hydrogen-bond donors (Lipinski definition) is 1. The van der Waals surface area contributed by atoms with Gasteiger partial charge in [-0.05, 0) is 26.0 Å². The highest BCUT2D eigenvalue weighted by molar-refractivity contribution is 7.80. The molecule has 0 aromatic rings. The summed E-state index contributed by atoms with van der Waals surface area (Å²) in [4.78, 5) is 0. The lowest BCUT2D eigenvalue weighted by atomic mass is 10.6. The summed E-state index contributed by atoms with van der Waals surface area (Å²) in [6.45, 7) is 4.48. The molecule has 0 fully saturated rings. The van der Waals surface area contributed by atoms with E-state index in [4.69, 9.17) is 13.3 Å². The largest absolute Gasteiger partial charge is 0.631 e. The molecule has 1 aliphatic rings. The van der Waals surface area contributed by atoms with Gasteiger partial charge >= 0.3 is 8.80 Å². The zero-order valence-corrected chi connectivity index (χ0v) is 9.97. The van der Waals surface area contributed by atoms with Gasteiger partial charge in [-0.25, -0.2) is 0 Å². The Labute approximate surface area is 85.8 Å². The van der Waals surface area contributed by atoms with E-state index in [1.165, 1.54) is 0 Å². The standard InChI is InChI=1S/C8H16O3SSi/c1-3-9-13(6-4-5-12)10-7-8(2)11-13/h7,12H,3-6H2,1-2H3. The fraction of sp³-hybridized carbons (Fsp3) is 0.750. The SMILES string of the molecule is CCO[Si]1(CCCS)OC=C(C)O1. The summed E-state index contributed by atoms with van der Waals surface area (Å²) in [7, 11) is -2.36. The van der Waals surface area contributed by atoms with Gasteiger partial charge in [-0.1, -0.05) is 0 Å². The van der Waals surface area contributed by atoms with E-state index in [1.54, 1.807) is 6.26 Å². The van der Waals surface area contributed by atoms with Crippen molar-refractivity contribution in [3.63, 3.8) is 0 Å². The lowest BCUT2D eigenvalue weighted by Gasteiger charge is -2.22. The van der Waals surface area contributed by atoms with Crippen LogP contribution in [0.4, 0.5) is 0 Å². The van der Waals surface area contributed by atoms with E-state index in [1.807, 2.05) is 13.8 Å². The predicted octanol–water partition coefficient (Wildman–Crippen LogP) is 2.19. The summed E-state index contributed by atoms with van der Waals surface area (Å²) in [5, 5.41) is 0. The van der Waals surface area contributed by atoms with Gasteiger partial charge in [0.05, 0.1) is 0 Å². The highest BCUT2D eigenvalue weighted by atomic mass is 32.1. The summed E-state index contributed by atoms with van der Waals surface area (Å²) in [5.74, 6) is 1.66. The van der Waals surface area contributed by atoms with Gasteiger partial charge in [0.25, 0.3) is 0 Å². The Morgan fingerprint density at radius 3 is 2.85 bits per heavy atom. The monoisotopic (exact) mass is 220 g/mol. The van der Waals surface area contributed by atoms with Gasteiger partial charge < -0.3 is 13.3 Å². The third-order valence-corrected chi connectivity index (χ3v) is 4.85. The van der Waals surface area contributed by atoms with Crippen molar-refractivity contribution in [2.45, 2.75) is 26.3 Å². The molecule has 0 radical (unpaired) electrons. The number of thiol groups is 1. The zero-order chi connectivity index (χ0) is 9.73. The Hall–Kier alpha value is -0.133. The molecule has 1 atom stereocenters. The van der Waals surface area contributed by atoms with Crippen LogP contribution in [0.25, 0.3) is 0 Å². The normalized spacial score (nSPS) is 26.5. The van der Waals surface area contributed by atoms with Gasteiger partial charge in [0.2, 0.25) is 0 Å². The van der Waals surface area contributed by atoms with E-state index in [0.717, 1.165) is 24.0 Å². The molecule has 0 spiro atoms. The molecule has 0 aromatic heterocycles. The molecule has 0 saturated heterocycles. The number of hydrogen-bond acceptors (Lipinski definition) is 4. The Kier molecular flexibility index (Phi) is 4.15. The molecule has 0 amide bonds. The first-order chi connectivity index (χ1) is 6.22. The fourth-order valence-electron chi connectivity index (χ4n) is 1.23. The molecule has 0 aliphatic carbocycles. The van der Waals surface area contributed by atoms with Crippen LogP contribution in [0.5, 0.6) is 0 Å². The molecule has 13 heavy (non-hydrogen) atoms. The van der Waals surface area contributed by atoms with Gasteiger partial charge in [-0.3, -0.25) is 0 Å². The van der Waals surface area contributed by atoms with Crippen LogP contribution < -0.4 is 0 Å². The second kappa shape index (κ2) is 4.93. The van der Waals surface area contributed by atoms with E-state index in [-0.39, 0.29) is 0 Å². The molecule has 5 heteroatoms. The smallest absolute Gasteiger partial charge is 0.495 e. The molecule has 0 saturated carbocycles. The first-order valence-electron chi connectivity index (χ1n) is 4.51. The zero-order valence-electron chi connectivity index (χ0n) is 8.08. The topological polar surface area (TPSA) is 27.7 Å². The minimum Gasteiger partial charge on any atom is -0.495 e. The molecular weight excluding hydrogens is 204 g/mol. The maximum Gasteiger partial charge on any atom is 0.631 e.